The van der Waals surface area contributed by atoms with Crippen LogP contribution in [-0.2, 0) is 4.74 Å². The van der Waals surface area contributed by atoms with E-state index in [2.05, 4.69) is 0 Å². The Bertz CT molecular complexity index is 93.7. The maximum atomic E-state index is 9.48. The average molecular weight is 168 g/mol. The van der Waals surface area contributed by atoms with Crippen LogP contribution in [0.4, 0.5) is 0 Å². The van der Waals surface area contributed by atoms with Crippen molar-refractivity contribution in [3.05, 3.63) is 0 Å². The van der Waals surface area contributed by atoms with Gasteiger partial charge in [-0.1, -0.05) is 0 Å². The Morgan fingerprint density at radius 3 is 2.20 bits per heavy atom. The van der Waals surface area contributed by atoms with E-state index in [-0.39, 0.29) is 12.4 Å². The first-order valence-electron chi connectivity index (χ1n) is 3.27. The Labute approximate surface area is 67.0 Å². The SMILES string of the molecule is Cl.NCC1(O)CCOCC1. The van der Waals surface area contributed by atoms with Gasteiger partial charge in [0.1, 0.15) is 0 Å². The van der Waals surface area contributed by atoms with Gasteiger partial charge in [0.2, 0.25) is 0 Å². The molecular formula is C6H14ClNO2. The summed E-state index contributed by atoms with van der Waals surface area (Å²) >= 11 is 0. The van der Waals surface area contributed by atoms with E-state index >= 15 is 0 Å². The fraction of sp³-hybridized carbons (Fsp3) is 1.00. The number of nitrogens with two attached hydrogens (primary N) is 1. The molecule has 3 nitrogen and oxygen atoms in total. The van der Waals surface area contributed by atoms with Crippen LogP contribution in [0.5, 0.6) is 0 Å². The smallest absolute Gasteiger partial charge is 0.0813 e. The lowest BCUT2D eigenvalue weighted by molar-refractivity contribution is -0.0568. The van der Waals surface area contributed by atoms with E-state index in [9.17, 15) is 5.11 Å². The summed E-state index contributed by atoms with van der Waals surface area (Å²) in [5, 5.41) is 9.48. The van der Waals surface area contributed by atoms with Crippen molar-refractivity contribution in [3.8, 4) is 0 Å². The van der Waals surface area contributed by atoms with Crippen molar-refractivity contribution in [2.75, 3.05) is 19.8 Å². The van der Waals surface area contributed by atoms with Crippen molar-refractivity contribution in [1.82, 2.24) is 0 Å². The van der Waals surface area contributed by atoms with Gasteiger partial charge < -0.3 is 15.6 Å². The molecule has 0 amide bonds. The van der Waals surface area contributed by atoms with Crippen LogP contribution in [0.25, 0.3) is 0 Å². The van der Waals surface area contributed by atoms with Crippen LogP contribution in [0.1, 0.15) is 12.8 Å². The minimum atomic E-state index is -0.627. The highest BCUT2D eigenvalue weighted by atomic mass is 35.5. The first-order valence-corrected chi connectivity index (χ1v) is 3.27. The van der Waals surface area contributed by atoms with E-state index in [1.807, 2.05) is 0 Å². The molecule has 10 heavy (non-hydrogen) atoms. The van der Waals surface area contributed by atoms with Gasteiger partial charge in [0.15, 0.2) is 0 Å². The summed E-state index contributed by atoms with van der Waals surface area (Å²) in [7, 11) is 0. The number of hydrogen-bond donors (Lipinski definition) is 2. The molecule has 0 spiro atoms. The molecule has 0 saturated carbocycles. The molecule has 0 aromatic heterocycles. The third kappa shape index (κ3) is 2.42. The monoisotopic (exact) mass is 167 g/mol. The van der Waals surface area contributed by atoms with Crippen molar-refractivity contribution < 1.29 is 9.84 Å². The highest BCUT2D eigenvalue weighted by molar-refractivity contribution is 5.85. The molecule has 0 aromatic rings. The summed E-state index contributed by atoms with van der Waals surface area (Å²) in [5.74, 6) is 0. The summed E-state index contributed by atoms with van der Waals surface area (Å²) in [6.45, 7) is 1.65. The molecular weight excluding hydrogens is 154 g/mol. The molecule has 0 radical (unpaired) electrons. The third-order valence-electron chi connectivity index (χ3n) is 1.80. The molecule has 0 aromatic carbocycles. The Hall–Kier alpha value is 0.170. The van der Waals surface area contributed by atoms with Gasteiger partial charge in [-0.05, 0) is 0 Å². The summed E-state index contributed by atoms with van der Waals surface area (Å²) in [4.78, 5) is 0. The van der Waals surface area contributed by atoms with Crippen molar-refractivity contribution in [2.45, 2.75) is 18.4 Å². The Morgan fingerprint density at radius 2 is 1.90 bits per heavy atom. The predicted octanol–water partition coefficient (Wildman–Crippen LogP) is -0.0916. The Balaban J connectivity index is 0.000000810. The quantitative estimate of drug-likeness (QED) is 0.574. The van der Waals surface area contributed by atoms with Gasteiger partial charge in [-0.15, -0.1) is 12.4 Å². The third-order valence-corrected chi connectivity index (χ3v) is 1.80. The zero-order valence-corrected chi connectivity index (χ0v) is 6.69. The molecule has 1 aliphatic heterocycles. The van der Waals surface area contributed by atoms with Crippen LogP contribution in [0.3, 0.4) is 0 Å². The minimum Gasteiger partial charge on any atom is -0.388 e. The zero-order chi connectivity index (χ0) is 6.74. The van der Waals surface area contributed by atoms with Gasteiger partial charge in [-0.2, -0.15) is 0 Å². The van der Waals surface area contributed by atoms with Crippen LogP contribution in [-0.4, -0.2) is 30.5 Å². The van der Waals surface area contributed by atoms with Crippen LogP contribution < -0.4 is 5.73 Å². The summed E-state index contributed by atoms with van der Waals surface area (Å²) in [6.07, 6.45) is 1.37. The standard InChI is InChI=1S/C6H13NO2.ClH/c7-5-6(8)1-3-9-4-2-6;/h8H,1-5,7H2;1H. The van der Waals surface area contributed by atoms with Gasteiger partial charge in [0.05, 0.1) is 5.60 Å². The van der Waals surface area contributed by atoms with Crippen molar-refractivity contribution in [2.24, 2.45) is 5.73 Å². The van der Waals surface area contributed by atoms with Gasteiger partial charge in [-0.25, -0.2) is 0 Å². The van der Waals surface area contributed by atoms with Crippen molar-refractivity contribution in [1.29, 1.82) is 0 Å². The number of halogens is 1. The normalized spacial score (nSPS) is 23.4. The lowest BCUT2D eigenvalue weighted by Gasteiger charge is -2.30. The van der Waals surface area contributed by atoms with Crippen LogP contribution in [0, 0.1) is 0 Å². The molecule has 0 atom stereocenters. The predicted molar refractivity (Wildman–Crippen MR) is 41.3 cm³/mol. The molecule has 0 aliphatic carbocycles. The molecule has 1 fully saturated rings. The molecule has 1 saturated heterocycles. The highest BCUT2D eigenvalue weighted by Gasteiger charge is 2.27. The Kier molecular flexibility index (Phi) is 4.20. The molecule has 62 valence electrons. The molecule has 0 unspecified atom stereocenters. The van der Waals surface area contributed by atoms with E-state index in [1.165, 1.54) is 0 Å². The largest absolute Gasteiger partial charge is 0.388 e. The highest BCUT2D eigenvalue weighted by Crippen LogP contribution is 2.17. The van der Waals surface area contributed by atoms with Crippen LogP contribution in [0.15, 0.2) is 0 Å². The molecule has 3 N–H and O–H groups in total. The second-order valence-electron chi connectivity index (χ2n) is 2.54. The maximum absolute atomic E-state index is 9.48. The van der Waals surface area contributed by atoms with Crippen molar-refractivity contribution in [3.63, 3.8) is 0 Å². The minimum absolute atomic E-state index is 0. The summed E-state index contributed by atoms with van der Waals surface area (Å²) in [5.41, 5.74) is 4.71. The van der Waals surface area contributed by atoms with E-state index in [0.29, 0.717) is 32.6 Å². The van der Waals surface area contributed by atoms with E-state index in [4.69, 9.17) is 10.5 Å². The number of ether oxygens (including phenoxy) is 1. The van der Waals surface area contributed by atoms with Gasteiger partial charge in [-0.3, -0.25) is 0 Å². The first kappa shape index (κ1) is 10.2. The second-order valence-corrected chi connectivity index (χ2v) is 2.54. The molecule has 1 heterocycles. The lowest BCUT2D eigenvalue weighted by atomic mass is 9.95. The van der Waals surface area contributed by atoms with Crippen molar-refractivity contribution >= 4 is 12.4 Å². The number of aliphatic hydroxyl groups is 1. The fourth-order valence-corrected chi connectivity index (χ4v) is 0.955. The van der Waals surface area contributed by atoms with Gasteiger partial charge in [0.25, 0.3) is 0 Å². The first-order chi connectivity index (χ1) is 4.27. The molecule has 4 heteroatoms. The van der Waals surface area contributed by atoms with E-state index in [0.717, 1.165) is 0 Å². The summed E-state index contributed by atoms with van der Waals surface area (Å²) < 4.78 is 5.05. The maximum Gasteiger partial charge on any atom is 0.0813 e. The summed E-state index contributed by atoms with van der Waals surface area (Å²) in [6, 6.07) is 0. The van der Waals surface area contributed by atoms with Crippen LogP contribution >= 0.6 is 12.4 Å². The Morgan fingerprint density at radius 1 is 1.40 bits per heavy atom. The van der Waals surface area contributed by atoms with Gasteiger partial charge in [0, 0.05) is 32.6 Å². The number of rotatable bonds is 1. The zero-order valence-electron chi connectivity index (χ0n) is 5.88. The molecule has 1 rings (SSSR count). The van der Waals surface area contributed by atoms with E-state index < -0.39 is 5.60 Å². The second kappa shape index (κ2) is 4.13. The molecule has 0 bridgehead atoms. The lowest BCUT2D eigenvalue weighted by Crippen LogP contribution is -2.42. The van der Waals surface area contributed by atoms with E-state index in [1.54, 1.807) is 0 Å². The van der Waals surface area contributed by atoms with Crippen LogP contribution in [0.2, 0.25) is 0 Å². The fourth-order valence-electron chi connectivity index (χ4n) is 0.955. The topological polar surface area (TPSA) is 55.5 Å². The number of hydrogen-bond acceptors (Lipinski definition) is 3. The van der Waals surface area contributed by atoms with Gasteiger partial charge >= 0.3 is 0 Å². The average Bonchev–Trinajstić information content (AvgIpc) is 1.90. The molecule has 1 aliphatic rings.